The molecule has 0 saturated heterocycles. The van der Waals surface area contributed by atoms with E-state index < -0.39 is 30.0 Å². The summed E-state index contributed by atoms with van der Waals surface area (Å²) in [5.41, 5.74) is -2.76. The molecular formula is C14H13ClF4N2O2S. The second kappa shape index (κ2) is 6.89. The molecule has 1 unspecified atom stereocenters. The van der Waals surface area contributed by atoms with Crippen LogP contribution in [0, 0.1) is 5.82 Å². The highest BCUT2D eigenvalue weighted by molar-refractivity contribution is 7.99. The maximum absolute atomic E-state index is 13.0. The molecule has 0 fully saturated rings. The van der Waals surface area contributed by atoms with Gasteiger partial charge in [0.1, 0.15) is 5.82 Å². The summed E-state index contributed by atoms with van der Waals surface area (Å²) < 4.78 is 52.0. The number of carbonyl (C=O) groups is 1. The lowest BCUT2D eigenvalue weighted by atomic mass is 10.1. The third-order valence-corrected chi connectivity index (χ3v) is 4.63. The number of alkyl halides is 3. The predicted octanol–water partition coefficient (Wildman–Crippen LogP) is 3.57. The van der Waals surface area contributed by atoms with Gasteiger partial charge in [-0.1, -0.05) is 17.7 Å². The number of hydrogen-bond acceptors (Lipinski definition) is 4. The van der Waals surface area contributed by atoms with Gasteiger partial charge in [-0.25, -0.2) is 4.39 Å². The molecule has 4 nitrogen and oxygen atoms in total. The first-order chi connectivity index (χ1) is 11.0. The van der Waals surface area contributed by atoms with Crippen LogP contribution in [-0.2, 0) is 10.5 Å². The highest BCUT2D eigenvalue weighted by Crippen LogP contribution is 2.40. The fourth-order valence-corrected chi connectivity index (χ4v) is 3.33. The Kier molecular flexibility index (Phi) is 5.46. The molecule has 10 heteroatoms. The molecule has 1 aromatic rings. The van der Waals surface area contributed by atoms with Gasteiger partial charge >= 0.3 is 6.18 Å². The summed E-state index contributed by atoms with van der Waals surface area (Å²) in [4.78, 5) is 12.0. The van der Waals surface area contributed by atoms with Gasteiger partial charge in [0, 0.05) is 22.9 Å². The van der Waals surface area contributed by atoms with Gasteiger partial charge in [0.15, 0.2) is 0 Å². The molecule has 0 aliphatic carbocycles. The van der Waals surface area contributed by atoms with Crippen LogP contribution in [0.1, 0.15) is 18.9 Å². The average molecular weight is 385 g/mol. The fourth-order valence-electron chi connectivity index (χ4n) is 2.15. The van der Waals surface area contributed by atoms with Crippen LogP contribution in [0.2, 0.25) is 5.02 Å². The topological polar surface area (TPSA) is 52.9 Å². The Hall–Kier alpha value is -1.32. The largest absolute Gasteiger partial charge is 0.438 e. The molecule has 0 aromatic heterocycles. The zero-order valence-corrected chi connectivity index (χ0v) is 14.0. The summed E-state index contributed by atoms with van der Waals surface area (Å²) in [7, 11) is 0. The molecule has 1 aliphatic heterocycles. The normalized spacial score (nSPS) is 21.1. The van der Waals surface area contributed by atoms with Gasteiger partial charge in [0.05, 0.1) is 5.75 Å². The van der Waals surface area contributed by atoms with Crippen molar-refractivity contribution in [3.63, 3.8) is 0 Å². The summed E-state index contributed by atoms with van der Waals surface area (Å²) in [6, 6.07) is 3.73. The van der Waals surface area contributed by atoms with E-state index in [-0.39, 0.29) is 27.2 Å². The first kappa shape index (κ1) is 19.0. The van der Waals surface area contributed by atoms with Crippen molar-refractivity contribution >= 4 is 35.0 Å². The molecule has 24 heavy (non-hydrogen) atoms. The summed E-state index contributed by atoms with van der Waals surface area (Å²) in [5, 5.41) is 13.6. The van der Waals surface area contributed by atoms with Crippen LogP contribution in [0.5, 0.6) is 0 Å². The number of halogens is 5. The standard InChI is InChI=1S/C14H13ClF4N2O2S/c1-8-5-13(23,14(17,18)19)21(20-8)12(22)7-24-6-9-2-3-10(16)4-11(9)15/h2-4,23H,5-7H2,1H3. The number of hydrogen-bond donors (Lipinski definition) is 1. The lowest BCUT2D eigenvalue weighted by Gasteiger charge is -2.32. The van der Waals surface area contributed by atoms with E-state index in [9.17, 15) is 27.5 Å². The van der Waals surface area contributed by atoms with Crippen LogP contribution in [0.25, 0.3) is 0 Å². The molecule has 0 spiro atoms. The summed E-state index contributed by atoms with van der Waals surface area (Å²) >= 11 is 6.83. The van der Waals surface area contributed by atoms with Crippen LogP contribution < -0.4 is 0 Å². The number of thioether (sulfide) groups is 1. The van der Waals surface area contributed by atoms with E-state index in [0.29, 0.717) is 5.56 Å². The van der Waals surface area contributed by atoms with Gasteiger partial charge in [-0.2, -0.15) is 23.3 Å². The maximum atomic E-state index is 13.0. The summed E-state index contributed by atoms with van der Waals surface area (Å²) in [6.45, 7) is 1.30. The lowest BCUT2D eigenvalue weighted by molar-refractivity contribution is -0.301. The van der Waals surface area contributed by atoms with Crippen LogP contribution in [-0.4, -0.2) is 39.4 Å². The van der Waals surface area contributed by atoms with Gasteiger partial charge in [0.2, 0.25) is 0 Å². The van der Waals surface area contributed by atoms with Crippen molar-refractivity contribution in [2.75, 3.05) is 5.75 Å². The Labute approximate surface area is 144 Å². The third-order valence-electron chi connectivity index (χ3n) is 3.31. The molecule has 1 N–H and O–H groups in total. The van der Waals surface area contributed by atoms with E-state index in [1.165, 1.54) is 19.1 Å². The SMILES string of the molecule is CC1=NN(C(=O)CSCc2ccc(F)cc2Cl)C(O)(C(F)(F)F)C1. The number of rotatable bonds is 4. The van der Waals surface area contributed by atoms with E-state index in [2.05, 4.69) is 5.10 Å². The second-order valence-electron chi connectivity index (χ2n) is 5.26. The molecule has 1 atom stereocenters. The molecule has 1 aromatic carbocycles. The first-order valence-corrected chi connectivity index (χ1v) is 8.26. The number of amides is 1. The van der Waals surface area contributed by atoms with Crippen molar-refractivity contribution in [1.29, 1.82) is 0 Å². The Morgan fingerprint density at radius 2 is 2.17 bits per heavy atom. The number of carbonyl (C=O) groups excluding carboxylic acids is 1. The number of nitrogens with zero attached hydrogens (tertiary/aromatic N) is 2. The fraction of sp³-hybridized carbons (Fsp3) is 0.429. The number of benzene rings is 1. The average Bonchev–Trinajstić information content (AvgIpc) is 2.77. The number of hydrazone groups is 1. The van der Waals surface area contributed by atoms with E-state index in [0.717, 1.165) is 17.8 Å². The van der Waals surface area contributed by atoms with Gasteiger partial charge in [0.25, 0.3) is 11.6 Å². The Morgan fingerprint density at radius 3 is 2.75 bits per heavy atom. The molecule has 1 heterocycles. The van der Waals surface area contributed by atoms with Crippen molar-refractivity contribution in [3.8, 4) is 0 Å². The first-order valence-electron chi connectivity index (χ1n) is 6.72. The molecule has 1 aliphatic rings. The smallest absolute Gasteiger partial charge is 0.362 e. The van der Waals surface area contributed by atoms with Crippen LogP contribution in [0.4, 0.5) is 17.6 Å². The monoisotopic (exact) mass is 384 g/mol. The zero-order valence-electron chi connectivity index (χ0n) is 12.4. The minimum absolute atomic E-state index is 0.00903. The van der Waals surface area contributed by atoms with E-state index >= 15 is 0 Å². The Morgan fingerprint density at radius 1 is 1.50 bits per heavy atom. The summed E-state index contributed by atoms with van der Waals surface area (Å²) in [6.07, 6.45) is -5.80. The molecule has 0 bridgehead atoms. The van der Waals surface area contributed by atoms with Gasteiger partial charge < -0.3 is 5.11 Å². The van der Waals surface area contributed by atoms with Crippen LogP contribution in [0.15, 0.2) is 23.3 Å². The van der Waals surface area contributed by atoms with Crippen molar-refractivity contribution in [2.24, 2.45) is 5.10 Å². The predicted molar refractivity (Wildman–Crippen MR) is 83.1 cm³/mol. The van der Waals surface area contributed by atoms with Crippen molar-refractivity contribution in [3.05, 3.63) is 34.6 Å². The maximum Gasteiger partial charge on any atom is 0.438 e. The van der Waals surface area contributed by atoms with Gasteiger partial charge in [-0.05, 0) is 24.6 Å². The second-order valence-corrected chi connectivity index (χ2v) is 6.65. The minimum atomic E-state index is -5.02. The van der Waals surface area contributed by atoms with E-state index in [4.69, 9.17) is 11.6 Å². The Balaban J connectivity index is 2.01. The number of aliphatic hydroxyl groups is 1. The zero-order chi connectivity index (χ0) is 18.1. The highest BCUT2D eigenvalue weighted by Gasteiger charge is 2.62. The molecule has 2 rings (SSSR count). The third kappa shape index (κ3) is 3.84. The van der Waals surface area contributed by atoms with Crippen molar-refractivity contribution in [1.82, 2.24) is 5.01 Å². The van der Waals surface area contributed by atoms with Gasteiger partial charge in [-0.3, -0.25) is 4.79 Å². The van der Waals surface area contributed by atoms with Crippen LogP contribution >= 0.6 is 23.4 Å². The highest BCUT2D eigenvalue weighted by atomic mass is 35.5. The molecular weight excluding hydrogens is 372 g/mol. The molecule has 132 valence electrons. The van der Waals surface area contributed by atoms with Crippen molar-refractivity contribution < 1.29 is 27.5 Å². The molecule has 0 radical (unpaired) electrons. The van der Waals surface area contributed by atoms with E-state index in [1.54, 1.807) is 0 Å². The van der Waals surface area contributed by atoms with Crippen molar-refractivity contribution in [2.45, 2.75) is 31.0 Å². The van der Waals surface area contributed by atoms with E-state index in [1.807, 2.05) is 0 Å². The quantitative estimate of drug-likeness (QED) is 0.807. The summed E-state index contributed by atoms with van der Waals surface area (Å²) in [5.74, 6) is -1.63. The Bertz CT molecular complexity index is 683. The molecule has 0 saturated carbocycles. The lowest BCUT2D eigenvalue weighted by Crippen LogP contribution is -2.57. The minimum Gasteiger partial charge on any atom is -0.362 e. The van der Waals surface area contributed by atoms with Gasteiger partial charge in [-0.15, -0.1) is 11.8 Å². The molecule has 1 amide bonds. The van der Waals surface area contributed by atoms with Crippen LogP contribution in [0.3, 0.4) is 0 Å².